The van der Waals surface area contributed by atoms with Crippen LogP contribution in [-0.2, 0) is 16.2 Å². The van der Waals surface area contributed by atoms with Crippen LogP contribution < -0.4 is 4.74 Å². The lowest BCUT2D eigenvalue weighted by molar-refractivity contribution is -0.139. The molecule has 1 aliphatic heterocycles. The van der Waals surface area contributed by atoms with Gasteiger partial charge >= 0.3 is 0 Å². The number of carbonyl (C=O) groups is 2. The van der Waals surface area contributed by atoms with Crippen molar-refractivity contribution in [3.63, 3.8) is 0 Å². The van der Waals surface area contributed by atoms with Gasteiger partial charge in [0, 0.05) is 11.8 Å². The van der Waals surface area contributed by atoms with Crippen LogP contribution in [0.5, 0.6) is 5.75 Å². The van der Waals surface area contributed by atoms with E-state index in [9.17, 15) is 9.59 Å². The molecule has 0 spiro atoms. The summed E-state index contributed by atoms with van der Waals surface area (Å²) >= 11 is 7.18. The Labute approximate surface area is 242 Å². The summed E-state index contributed by atoms with van der Waals surface area (Å²) in [4.78, 5) is 27.5. The first-order chi connectivity index (χ1) is 19.0. The van der Waals surface area contributed by atoms with Crippen LogP contribution >= 0.6 is 31.9 Å². The highest BCUT2D eigenvalue weighted by Gasteiger charge is 2.61. The van der Waals surface area contributed by atoms with E-state index in [-0.39, 0.29) is 23.7 Å². The van der Waals surface area contributed by atoms with E-state index in [1.54, 1.807) is 6.21 Å². The molecule has 1 saturated heterocycles. The van der Waals surface area contributed by atoms with E-state index in [0.29, 0.717) is 12.4 Å². The van der Waals surface area contributed by atoms with Crippen LogP contribution in [0.1, 0.15) is 45.2 Å². The zero-order valence-corrected chi connectivity index (χ0v) is 23.8. The van der Waals surface area contributed by atoms with Gasteiger partial charge in [-0.05, 0) is 77.4 Å². The van der Waals surface area contributed by atoms with E-state index in [1.807, 2.05) is 66.7 Å². The molecule has 7 heteroatoms. The van der Waals surface area contributed by atoms with Gasteiger partial charge in [0.05, 0.1) is 27.0 Å². The standard InChI is InChI=1S/C32H22Br2N2O3/c33-24-14-19(15-25(34)30(24)39-17-18-8-2-1-3-9-18)16-35-36-31(37)28-26-20-10-4-5-11-21(20)27(29(28)32(36)38)23-13-7-6-12-22(23)26/h1-16,26-29H,17H2/b35-16-/t26?,27?,28-,29-/m1/s1. The first-order valence-electron chi connectivity index (χ1n) is 12.8. The monoisotopic (exact) mass is 640 g/mol. The Morgan fingerprint density at radius 3 is 1.67 bits per heavy atom. The summed E-state index contributed by atoms with van der Waals surface area (Å²) in [5.41, 5.74) is 6.38. The summed E-state index contributed by atoms with van der Waals surface area (Å²) < 4.78 is 7.50. The minimum Gasteiger partial charge on any atom is -0.487 e. The fraction of sp³-hybridized carbons (Fsp3) is 0.156. The fourth-order valence-electron chi connectivity index (χ4n) is 6.42. The Bertz CT molecular complexity index is 1530. The number of amides is 2. The van der Waals surface area contributed by atoms with Crippen LogP contribution in [0.25, 0.3) is 0 Å². The van der Waals surface area contributed by atoms with Gasteiger partial charge in [0.25, 0.3) is 11.8 Å². The predicted molar refractivity (Wildman–Crippen MR) is 156 cm³/mol. The van der Waals surface area contributed by atoms with Crippen LogP contribution in [0.4, 0.5) is 0 Å². The second-order valence-corrected chi connectivity index (χ2v) is 11.8. The molecule has 0 aromatic heterocycles. The van der Waals surface area contributed by atoms with Gasteiger partial charge in [-0.15, -0.1) is 0 Å². The topological polar surface area (TPSA) is 59.0 Å². The lowest BCUT2D eigenvalue weighted by Gasteiger charge is -2.45. The SMILES string of the molecule is O=C1[C@@H]2C3c4ccccc4C(c4ccccc43)[C@H]2C(=O)N1/N=C\c1cc(Br)c(OCc2ccccc2)c(Br)c1. The van der Waals surface area contributed by atoms with E-state index in [2.05, 4.69) is 61.2 Å². The lowest BCUT2D eigenvalue weighted by atomic mass is 9.55. The van der Waals surface area contributed by atoms with Crippen molar-refractivity contribution in [3.05, 3.63) is 133 Å². The van der Waals surface area contributed by atoms with Crippen molar-refractivity contribution in [2.24, 2.45) is 16.9 Å². The van der Waals surface area contributed by atoms with Gasteiger partial charge in [0.2, 0.25) is 0 Å². The normalized spacial score (nSPS) is 22.7. The highest BCUT2D eigenvalue weighted by molar-refractivity contribution is 9.11. The maximum absolute atomic E-state index is 13.7. The second-order valence-electron chi connectivity index (χ2n) is 10.1. The number of nitrogens with zero attached hydrogens (tertiary/aromatic N) is 2. The van der Waals surface area contributed by atoms with Crippen molar-refractivity contribution < 1.29 is 14.3 Å². The van der Waals surface area contributed by atoms with E-state index in [1.165, 1.54) is 0 Å². The number of ether oxygens (including phenoxy) is 1. The number of rotatable bonds is 5. The second kappa shape index (κ2) is 9.57. The highest BCUT2D eigenvalue weighted by atomic mass is 79.9. The van der Waals surface area contributed by atoms with E-state index < -0.39 is 11.8 Å². The van der Waals surface area contributed by atoms with Crippen molar-refractivity contribution in [1.29, 1.82) is 0 Å². The smallest absolute Gasteiger partial charge is 0.254 e. The van der Waals surface area contributed by atoms with Crippen LogP contribution in [-0.4, -0.2) is 23.0 Å². The molecule has 2 amide bonds. The minimum atomic E-state index is -0.448. The number of carbonyl (C=O) groups excluding carboxylic acids is 2. The van der Waals surface area contributed by atoms with Gasteiger partial charge in [-0.3, -0.25) is 9.59 Å². The molecule has 4 aromatic carbocycles. The van der Waals surface area contributed by atoms with Crippen molar-refractivity contribution in [3.8, 4) is 5.75 Å². The van der Waals surface area contributed by atoms with Gasteiger partial charge in [0.15, 0.2) is 0 Å². The van der Waals surface area contributed by atoms with Crippen LogP contribution in [0.2, 0.25) is 0 Å². The fourth-order valence-corrected chi connectivity index (χ4v) is 7.87. The quantitative estimate of drug-likeness (QED) is 0.174. The third-order valence-electron chi connectivity index (χ3n) is 7.99. The Kier molecular flexibility index (Phi) is 6.01. The molecular formula is C32H22Br2N2O3. The first kappa shape index (κ1) is 24.5. The van der Waals surface area contributed by atoms with E-state index >= 15 is 0 Å². The zero-order chi connectivity index (χ0) is 26.7. The number of halogens is 2. The Hall–Kier alpha value is -3.55. The molecule has 0 radical (unpaired) electrons. The summed E-state index contributed by atoms with van der Waals surface area (Å²) in [6.07, 6.45) is 1.56. The molecule has 1 heterocycles. The molecule has 3 aliphatic carbocycles. The molecule has 2 bridgehead atoms. The van der Waals surface area contributed by atoms with Crippen molar-refractivity contribution >= 4 is 49.9 Å². The first-order valence-corrected chi connectivity index (χ1v) is 14.4. The average molecular weight is 642 g/mol. The summed E-state index contributed by atoms with van der Waals surface area (Å²) in [7, 11) is 0. The van der Waals surface area contributed by atoms with Gasteiger partial charge in [-0.1, -0.05) is 78.9 Å². The molecule has 0 N–H and O–H groups in total. The Balaban J connectivity index is 1.17. The van der Waals surface area contributed by atoms with Crippen molar-refractivity contribution in [1.82, 2.24) is 5.01 Å². The van der Waals surface area contributed by atoms with Crippen LogP contribution in [0.15, 0.2) is 105 Å². The summed E-state index contributed by atoms with van der Waals surface area (Å²) in [5, 5.41) is 5.53. The Morgan fingerprint density at radius 2 is 1.18 bits per heavy atom. The van der Waals surface area contributed by atoms with Gasteiger partial charge in [-0.2, -0.15) is 10.1 Å². The molecule has 1 fully saturated rings. The molecule has 8 rings (SSSR count). The summed E-state index contributed by atoms with van der Waals surface area (Å²) in [6.45, 7) is 0.429. The highest BCUT2D eigenvalue weighted by Crippen LogP contribution is 2.61. The molecule has 5 nitrogen and oxygen atoms in total. The molecule has 0 unspecified atom stereocenters. The summed E-state index contributed by atoms with van der Waals surface area (Å²) in [6, 6.07) is 30.1. The zero-order valence-electron chi connectivity index (χ0n) is 20.6. The molecular weight excluding hydrogens is 620 g/mol. The molecule has 39 heavy (non-hydrogen) atoms. The van der Waals surface area contributed by atoms with Crippen LogP contribution in [0, 0.1) is 11.8 Å². The molecule has 4 aliphatic rings. The van der Waals surface area contributed by atoms with E-state index in [0.717, 1.165) is 47.3 Å². The third kappa shape index (κ3) is 3.90. The van der Waals surface area contributed by atoms with Crippen LogP contribution in [0.3, 0.4) is 0 Å². The number of hydrazone groups is 1. The van der Waals surface area contributed by atoms with Crippen molar-refractivity contribution in [2.45, 2.75) is 18.4 Å². The van der Waals surface area contributed by atoms with E-state index in [4.69, 9.17) is 4.74 Å². The molecule has 0 saturated carbocycles. The Morgan fingerprint density at radius 1 is 0.718 bits per heavy atom. The number of hydrogen-bond acceptors (Lipinski definition) is 4. The number of hydrogen-bond donors (Lipinski definition) is 0. The maximum atomic E-state index is 13.7. The largest absolute Gasteiger partial charge is 0.487 e. The van der Waals surface area contributed by atoms with Gasteiger partial charge in [-0.25, -0.2) is 0 Å². The predicted octanol–water partition coefficient (Wildman–Crippen LogP) is 7.02. The van der Waals surface area contributed by atoms with Crippen molar-refractivity contribution in [2.75, 3.05) is 0 Å². The summed E-state index contributed by atoms with van der Waals surface area (Å²) in [5.74, 6) is -0.986. The van der Waals surface area contributed by atoms with Gasteiger partial charge < -0.3 is 4.74 Å². The van der Waals surface area contributed by atoms with Gasteiger partial charge in [0.1, 0.15) is 12.4 Å². The number of benzene rings is 4. The lowest BCUT2D eigenvalue weighted by Crippen LogP contribution is -2.41. The third-order valence-corrected chi connectivity index (χ3v) is 9.17. The molecule has 2 atom stereocenters. The molecule has 4 aromatic rings. The maximum Gasteiger partial charge on any atom is 0.254 e. The number of imide groups is 1. The minimum absolute atomic E-state index is 0.145. The molecule has 192 valence electrons. The average Bonchev–Trinajstić information content (AvgIpc) is 3.21.